The van der Waals surface area contributed by atoms with Crippen LogP contribution >= 0.6 is 39.1 Å². The van der Waals surface area contributed by atoms with Crippen LogP contribution in [0.2, 0.25) is 10.0 Å². The van der Waals surface area contributed by atoms with Gasteiger partial charge in [-0.2, -0.15) is 0 Å². The van der Waals surface area contributed by atoms with E-state index in [-0.39, 0.29) is 6.04 Å². The van der Waals surface area contributed by atoms with Crippen molar-refractivity contribution in [2.75, 3.05) is 0 Å². The summed E-state index contributed by atoms with van der Waals surface area (Å²) in [5.41, 5.74) is 10.4. The van der Waals surface area contributed by atoms with Crippen LogP contribution < -0.4 is 5.73 Å². The first kappa shape index (κ1) is 14.9. The summed E-state index contributed by atoms with van der Waals surface area (Å²) in [5, 5.41) is 1.43. The Kier molecular flexibility index (Phi) is 4.57. The van der Waals surface area contributed by atoms with E-state index in [0.29, 0.717) is 5.02 Å². The third-order valence-corrected chi connectivity index (χ3v) is 4.42. The predicted octanol–water partition coefficient (Wildman–Crippen LogP) is 5.42. The number of aryl methyl sites for hydroxylation is 2. The molecule has 0 saturated heterocycles. The highest BCUT2D eigenvalue weighted by Gasteiger charge is 2.16. The summed E-state index contributed by atoms with van der Waals surface area (Å²) in [4.78, 5) is 0. The molecule has 2 aromatic rings. The van der Waals surface area contributed by atoms with Gasteiger partial charge >= 0.3 is 0 Å². The zero-order valence-corrected chi connectivity index (χ0v) is 13.8. The lowest BCUT2D eigenvalue weighted by Crippen LogP contribution is -2.14. The Morgan fingerprint density at radius 2 is 1.63 bits per heavy atom. The summed E-state index contributed by atoms with van der Waals surface area (Å²) >= 11 is 15.8. The lowest BCUT2D eigenvalue weighted by Gasteiger charge is -2.18. The number of hydrogen-bond acceptors (Lipinski definition) is 1. The zero-order valence-electron chi connectivity index (χ0n) is 10.7. The van der Waals surface area contributed by atoms with E-state index in [4.69, 9.17) is 28.9 Å². The maximum Gasteiger partial charge on any atom is 0.0569 e. The summed E-state index contributed by atoms with van der Waals surface area (Å²) in [6.45, 7) is 3.98. The quantitative estimate of drug-likeness (QED) is 0.761. The SMILES string of the molecule is Cc1cc(C(N)c2cc(Br)ccc2Cl)c(C)cc1Cl. The Balaban J connectivity index is 2.52. The molecule has 2 aromatic carbocycles. The molecule has 0 aliphatic carbocycles. The fourth-order valence-corrected chi connectivity index (χ4v) is 2.89. The van der Waals surface area contributed by atoms with Crippen molar-refractivity contribution < 1.29 is 0 Å². The molecule has 1 atom stereocenters. The standard InChI is InChI=1S/C15H14BrCl2N/c1-8-6-14(18)9(2)5-11(8)15(19)12-7-10(16)3-4-13(12)17/h3-7,15H,19H2,1-2H3. The minimum absolute atomic E-state index is 0.263. The molecule has 0 radical (unpaired) electrons. The highest BCUT2D eigenvalue weighted by Crippen LogP contribution is 2.32. The molecule has 0 spiro atoms. The topological polar surface area (TPSA) is 26.0 Å². The fraction of sp³-hybridized carbons (Fsp3) is 0.200. The molecule has 0 aliphatic rings. The molecule has 4 heteroatoms. The van der Waals surface area contributed by atoms with Crippen molar-refractivity contribution in [1.82, 2.24) is 0 Å². The average molecular weight is 359 g/mol. The molecule has 0 aliphatic heterocycles. The normalized spacial score (nSPS) is 12.5. The Morgan fingerprint density at radius 1 is 0.947 bits per heavy atom. The maximum atomic E-state index is 6.36. The number of nitrogens with two attached hydrogens (primary N) is 1. The largest absolute Gasteiger partial charge is 0.320 e. The van der Waals surface area contributed by atoms with Gasteiger partial charge in [0.2, 0.25) is 0 Å². The van der Waals surface area contributed by atoms with E-state index in [0.717, 1.165) is 31.7 Å². The van der Waals surface area contributed by atoms with Gasteiger partial charge in [0.15, 0.2) is 0 Å². The number of rotatable bonds is 2. The summed E-state index contributed by atoms with van der Waals surface area (Å²) in [5.74, 6) is 0. The van der Waals surface area contributed by atoms with Gasteiger partial charge in [0.05, 0.1) is 6.04 Å². The van der Waals surface area contributed by atoms with Gasteiger partial charge in [0.1, 0.15) is 0 Å². The van der Waals surface area contributed by atoms with Crippen molar-refractivity contribution in [3.8, 4) is 0 Å². The molecule has 0 bridgehead atoms. The van der Waals surface area contributed by atoms with Crippen LogP contribution in [0.4, 0.5) is 0 Å². The second-order valence-corrected chi connectivity index (χ2v) is 6.33. The van der Waals surface area contributed by atoms with Crippen molar-refractivity contribution in [2.45, 2.75) is 19.9 Å². The lowest BCUT2D eigenvalue weighted by molar-refractivity contribution is 0.859. The molecule has 2 rings (SSSR count). The highest BCUT2D eigenvalue weighted by atomic mass is 79.9. The fourth-order valence-electron chi connectivity index (χ4n) is 2.06. The first-order valence-electron chi connectivity index (χ1n) is 5.87. The third kappa shape index (κ3) is 3.14. The molecule has 0 heterocycles. The van der Waals surface area contributed by atoms with E-state index in [9.17, 15) is 0 Å². The van der Waals surface area contributed by atoms with Crippen molar-refractivity contribution in [3.63, 3.8) is 0 Å². The number of halogens is 3. The third-order valence-electron chi connectivity index (χ3n) is 3.18. The average Bonchev–Trinajstić information content (AvgIpc) is 2.36. The van der Waals surface area contributed by atoms with Crippen molar-refractivity contribution >= 4 is 39.1 Å². The van der Waals surface area contributed by atoms with Crippen molar-refractivity contribution in [3.05, 3.63) is 67.1 Å². The highest BCUT2D eigenvalue weighted by molar-refractivity contribution is 9.10. The van der Waals surface area contributed by atoms with Gasteiger partial charge < -0.3 is 5.73 Å². The molecule has 1 nitrogen and oxygen atoms in total. The molecule has 2 N–H and O–H groups in total. The second kappa shape index (κ2) is 5.84. The van der Waals surface area contributed by atoms with E-state index in [1.807, 2.05) is 44.2 Å². The van der Waals surface area contributed by atoms with Crippen molar-refractivity contribution in [2.24, 2.45) is 5.73 Å². The lowest BCUT2D eigenvalue weighted by atomic mass is 9.94. The Labute approximate surface area is 131 Å². The first-order chi connectivity index (χ1) is 8.90. The summed E-state index contributed by atoms with van der Waals surface area (Å²) < 4.78 is 0.964. The van der Waals surface area contributed by atoms with Crippen LogP contribution in [0.25, 0.3) is 0 Å². The van der Waals surface area contributed by atoms with Gasteiger partial charge in [0, 0.05) is 14.5 Å². The first-order valence-corrected chi connectivity index (χ1v) is 7.42. The van der Waals surface area contributed by atoms with Gasteiger partial charge in [-0.05, 0) is 60.4 Å². The smallest absolute Gasteiger partial charge is 0.0569 e. The van der Waals surface area contributed by atoms with E-state index < -0.39 is 0 Å². The molecule has 0 saturated carbocycles. The predicted molar refractivity (Wildman–Crippen MR) is 86.1 cm³/mol. The van der Waals surface area contributed by atoms with Crippen LogP contribution in [0.3, 0.4) is 0 Å². The number of hydrogen-bond donors (Lipinski definition) is 1. The van der Waals surface area contributed by atoms with Gasteiger partial charge in [-0.1, -0.05) is 45.2 Å². The molecule has 1 unspecified atom stereocenters. The molecule has 19 heavy (non-hydrogen) atoms. The maximum absolute atomic E-state index is 6.36. The monoisotopic (exact) mass is 357 g/mol. The minimum Gasteiger partial charge on any atom is -0.320 e. The van der Waals surface area contributed by atoms with Crippen LogP contribution in [0, 0.1) is 13.8 Å². The van der Waals surface area contributed by atoms with Crippen LogP contribution in [-0.4, -0.2) is 0 Å². The minimum atomic E-state index is -0.263. The summed E-state index contributed by atoms with van der Waals surface area (Å²) in [6.07, 6.45) is 0. The second-order valence-electron chi connectivity index (χ2n) is 4.60. The molecule has 0 amide bonds. The van der Waals surface area contributed by atoms with Gasteiger partial charge in [0.25, 0.3) is 0 Å². The number of benzene rings is 2. The molecule has 0 aromatic heterocycles. The Hall–Kier alpha value is -0.540. The van der Waals surface area contributed by atoms with E-state index in [2.05, 4.69) is 15.9 Å². The van der Waals surface area contributed by atoms with E-state index >= 15 is 0 Å². The van der Waals surface area contributed by atoms with E-state index in [1.54, 1.807) is 0 Å². The van der Waals surface area contributed by atoms with E-state index in [1.165, 1.54) is 0 Å². The molecule has 0 fully saturated rings. The van der Waals surface area contributed by atoms with Gasteiger partial charge in [-0.3, -0.25) is 0 Å². The molecular weight excluding hydrogens is 345 g/mol. The molecular formula is C15H14BrCl2N. The molecule has 100 valence electrons. The van der Waals surface area contributed by atoms with Crippen LogP contribution in [0.5, 0.6) is 0 Å². The Bertz CT molecular complexity index is 626. The van der Waals surface area contributed by atoms with Gasteiger partial charge in [-0.15, -0.1) is 0 Å². The Morgan fingerprint density at radius 3 is 2.32 bits per heavy atom. The van der Waals surface area contributed by atoms with Crippen LogP contribution in [0.15, 0.2) is 34.8 Å². The van der Waals surface area contributed by atoms with Gasteiger partial charge in [-0.25, -0.2) is 0 Å². The zero-order chi connectivity index (χ0) is 14.2. The summed E-state index contributed by atoms with van der Waals surface area (Å²) in [7, 11) is 0. The van der Waals surface area contributed by atoms with Crippen molar-refractivity contribution in [1.29, 1.82) is 0 Å². The van der Waals surface area contributed by atoms with Crippen LogP contribution in [0.1, 0.15) is 28.3 Å². The van der Waals surface area contributed by atoms with Crippen LogP contribution in [-0.2, 0) is 0 Å². The summed E-state index contributed by atoms with van der Waals surface area (Å²) in [6, 6.07) is 9.41.